The lowest BCUT2D eigenvalue weighted by Gasteiger charge is -2.40. The number of fused-ring (bicyclic) bond motifs is 6. The van der Waals surface area contributed by atoms with Gasteiger partial charge in [0.2, 0.25) is 0 Å². The van der Waals surface area contributed by atoms with Gasteiger partial charge in [-0.25, -0.2) is 4.98 Å². The summed E-state index contributed by atoms with van der Waals surface area (Å²) in [6.45, 7) is 5.91. The second-order valence-corrected chi connectivity index (χ2v) is 14.7. The van der Waals surface area contributed by atoms with Crippen molar-refractivity contribution in [3.63, 3.8) is 0 Å². The van der Waals surface area contributed by atoms with Gasteiger partial charge >= 0.3 is 0 Å². The number of nitrogens with zero attached hydrogens (tertiary/aromatic N) is 5. The Hall–Kier alpha value is -4.73. The molecule has 2 amide bonds. The number of ether oxygens (including phenoxy) is 1. The number of amides is 2. The zero-order valence-electron chi connectivity index (χ0n) is 29.2. The van der Waals surface area contributed by atoms with Crippen molar-refractivity contribution in [2.24, 2.45) is 0 Å². The van der Waals surface area contributed by atoms with Gasteiger partial charge in [-0.15, -0.1) is 0 Å². The Morgan fingerprint density at radius 1 is 0.882 bits per heavy atom. The largest absolute Gasteiger partial charge is 0.379 e. The lowest BCUT2D eigenvalue weighted by atomic mass is 9.81. The summed E-state index contributed by atoms with van der Waals surface area (Å²) in [6, 6.07) is 21.1. The van der Waals surface area contributed by atoms with Crippen LogP contribution in [0, 0.1) is 0 Å². The Balaban J connectivity index is 1.06. The van der Waals surface area contributed by atoms with Crippen LogP contribution in [0.1, 0.15) is 78.0 Å². The Labute approximate surface area is 298 Å². The summed E-state index contributed by atoms with van der Waals surface area (Å²) in [4.78, 5) is 37.4. The molecule has 0 spiro atoms. The Morgan fingerprint density at radius 2 is 1.69 bits per heavy atom. The number of morpholine rings is 1. The first-order valence-corrected chi connectivity index (χ1v) is 18.9. The summed E-state index contributed by atoms with van der Waals surface area (Å²) in [5.74, 6) is 0.435. The predicted molar refractivity (Wildman–Crippen MR) is 200 cm³/mol. The molecule has 1 saturated carbocycles. The normalized spacial score (nSPS) is 19.1. The van der Waals surface area contributed by atoms with Gasteiger partial charge in [0.05, 0.1) is 37.7 Å². The van der Waals surface area contributed by atoms with Gasteiger partial charge in [-0.2, -0.15) is 0 Å². The molecule has 4 aliphatic rings. The van der Waals surface area contributed by atoms with E-state index in [2.05, 4.69) is 61.1 Å². The number of carbonyl (C=O) groups is 2. The minimum atomic E-state index is -0.132. The Morgan fingerprint density at radius 3 is 2.51 bits per heavy atom. The second kappa shape index (κ2) is 13.8. The van der Waals surface area contributed by atoms with Gasteiger partial charge < -0.3 is 23.9 Å². The zero-order chi connectivity index (χ0) is 34.3. The van der Waals surface area contributed by atoms with Crippen molar-refractivity contribution in [1.82, 2.24) is 29.1 Å². The quantitative estimate of drug-likeness (QED) is 0.217. The molecule has 3 aromatic heterocycles. The third-order valence-electron chi connectivity index (χ3n) is 11.7. The third-order valence-corrected chi connectivity index (χ3v) is 11.7. The van der Waals surface area contributed by atoms with Crippen molar-refractivity contribution in [3.05, 3.63) is 101 Å². The van der Waals surface area contributed by atoms with Crippen LogP contribution in [0.2, 0.25) is 0 Å². The van der Waals surface area contributed by atoms with Gasteiger partial charge in [0.15, 0.2) is 0 Å². The molecule has 1 aliphatic carbocycles. The van der Waals surface area contributed by atoms with E-state index >= 15 is 0 Å². The highest BCUT2D eigenvalue weighted by molar-refractivity contribution is 6.04. The van der Waals surface area contributed by atoms with Gasteiger partial charge in [0.25, 0.3) is 11.8 Å². The number of piperidine rings is 1. The zero-order valence-corrected chi connectivity index (χ0v) is 29.2. The van der Waals surface area contributed by atoms with E-state index in [1.807, 2.05) is 47.1 Å². The van der Waals surface area contributed by atoms with Crippen LogP contribution in [0.15, 0.2) is 78.6 Å². The van der Waals surface area contributed by atoms with Crippen molar-refractivity contribution in [3.8, 4) is 11.3 Å². The number of hydrogen-bond donors (Lipinski definition) is 1. The minimum Gasteiger partial charge on any atom is -0.379 e. The van der Waals surface area contributed by atoms with E-state index < -0.39 is 0 Å². The molecule has 9 nitrogen and oxygen atoms in total. The van der Waals surface area contributed by atoms with E-state index in [1.165, 1.54) is 41.5 Å². The Bertz CT molecular complexity index is 2090. The molecular weight excluding hydrogens is 637 g/mol. The second-order valence-electron chi connectivity index (χ2n) is 14.7. The summed E-state index contributed by atoms with van der Waals surface area (Å²) in [5, 5.41) is 4.31. The van der Waals surface area contributed by atoms with E-state index in [9.17, 15) is 9.59 Å². The molecule has 3 aliphatic heterocycles. The summed E-state index contributed by atoms with van der Waals surface area (Å²) in [7, 11) is 0. The van der Waals surface area contributed by atoms with Gasteiger partial charge in [-0.1, -0.05) is 55.7 Å². The minimum absolute atomic E-state index is 0.125. The average Bonchev–Trinajstić information content (AvgIpc) is 3.70. The SMILES string of the molecule is O=C(NCc1cn2ccccc2n1)c1ccc2c(C3CCCCC3)c3n(c2c1)CC(C(=O)N1CCC(N2CCOCC2)CC1)=Cc1ccccc1-3. The van der Waals surface area contributed by atoms with E-state index in [4.69, 9.17) is 4.74 Å². The molecule has 51 heavy (non-hydrogen) atoms. The van der Waals surface area contributed by atoms with Gasteiger partial charge in [-0.05, 0) is 73.1 Å². The van der Waals surface area contributed by atoms with E-state index in [0.29, 0.717) is 30.6 Å². The fraction of sp³-hybridized carbons (Fsp3) is 0.405. The van der Waals surface area contributed by atoms with Gasteiger partial charge in [0.1, 0.15) is 5.65 Å². The number of aromatic nitrogens is 3. The van der Waals surface area contributed by atoms with Crippen molar-refractivity contribution in [2.75, 3.05) is 39.4 Å². The highest BCUT2D eigenvalue weighted by Gasteiger charge is 2.33. The molecule has 2 aromatic carbocycles. The fourth-order valence-corrected chi connectivity index (χ4v) is 9.07. The number of imidazole rings is 1. The number of nitrogens with one attached hydrogen (secondary N) is 1. The molecule has 1 N–H and O–H groups in total. The molecule has 6 heterocycles. The maximum atomic E-state index is 14.5. The molecular formula is C42H46N6O3. The maximum Gasteiger partial charge on any atom is 0.251 e. The topological polar surface area (TPSA) is 84.1 Å². The molecule has 3 fully saturated rings. The number of rotatable bonds is 6. The summed E-state index contributed by atoms with van der Waals surface area (Å²) < 4.78 is 9.91. The molecule has 9 rings (SSSR count). The highest BCUT2D eigenvalue weighted by atomic mass is 16.5. The van der Waals surface area contributed by atoms with Crippen LogP contribution in [0.25, 0.3) is 33.9 Å². The predicted octanol–water partition coefficient (Wildman–Crippen LogP) is 6.65. The molecule has 0 radical (unpaired) electrons. The lowest BCUT2D eigenvalue weighted by molar-refractivity contribution is -0.129. The highest BCUT2D eigenvalue weighted by Crippen LogP contribution is 2.46. The summed E-state index contributed by atoms with van der Waals surface area (Å²) in [6.07, 6.45) is 14.1. The summed E-state index contributed by atoms with van der Waals surface area (Å²) >= 11 is 0. The van der Waals surface area contributed by atoms with Crippen LogP contribution >= 0.6 is 0 Å². The third kappa shape index (κ3) is 6.16. The molecule has 0 atom stereocenters. The maximum absolute atomic E-state index is 14.5. The molecule has 2 saturated heterocycles. The number of likely N-dealkylation sites (tertiary alicyclic amines) is 1. The first kappa shape index (κ1) is 32.2. The van der Waals surface area contributed by atoms with Crippen molar-refractivity contribution >= 4 is 34.4 Å². The van der Waals surface area contributed by atoms with Crippen molar-refractivity contribution in [2.45, 2.75) is 70.0 Å². The number of hydrogen-bond acceptors (Lipinski definition) is 5. The lowest BCUT2D eigenvalue weighted by Crippen LogP contribution is -2.50. The molecule has 9 heteroatoms. The van der Waals surface area contributed by atoms with Gasteiger partial charge in [0, 0.05) is 72.2 Å². The van der Waals surface area contributed by atoms with Crippen molar-refractivity contribution in [1.29, 1.82) is 0 Å². The van der Waals surface area contributed by atoms with Crippen molar-refractivity contribution < 1.29 is 14.3 Å². The first-order valence-electron chi connectivity index (χ1n) is 18.9. The monoisotopic (exact) mass is 682 g/mol. The molecule has 262 valence electrons. The number of benzene rings is 2. The van der Waals surface area contributed by atoms with E-state index in [0.717, 1.165) is 93.1 Å². The smallest absolute Gasteiger partial charge is 0.251 e. The van der Waals surface area contributed by atoms with Crippen LogP contribution in [-0.4, -0.2) is 81.0 Å². The molecule has 5 aromatic rings. The van der Waals surface area contributed by atoms with Crippen LogP contribution in [0.4, 0.5) is 0 Å². The van der Waals surface area contributed by atoms with Gasteiger partial charge in [-0.3, -0.25) is 14.5 Å². The number of pyridine rings is 1. The Kier molecular flexibility index (Phi) is 8.69. The number of carbonyl (C=O) groups excluding carboxylic acids is 2. The molecule has 0 bridgehead atoms. The standard InChI is InChI=1S/C42H46N6O3/c49-41(43-26-33-28-47-17-7-6-12-38(47)44-33)31-13-14-36-37(25-31)48-27-32(42(50)46-18-15-34(16-19-46)45-20-22-51-23-21-45)24-30-10-4-5-11-35(30)40(48)39(36)29-8-2-1-3-9-29/h4-7,10-14,17,24-25,28-29,34H,1-3,8-9,15-16,18-23,26-27H2,(H,43,49). The fourth-order valence-electron chi connectivity index (χ4n) is 9.07. The summed E-state index contributed by atoms with van der Waals surface area (Å²) in [5.41, 5.74) is 8.95. The average molecular weight is 683 g/mol. The van der Waals surface area contributed by atoms with Crippen LogP contribution in [0.5, 0.6) is 0 Å². The van der Waals surface area contributed by atoms with Crippen LogP contribution in [-0.2, 0) is 22.6 Å². The van der Waals surface area contributed by atoms with Crippen LogP contribution < -0.4 is 5.32 Å². The first-order chi connectivity index (χ1) is 25.1. The van der Waals surface area contributed by atoms with Crippen LogP contribution in [0.3, 0.4) is 0 Å². The van der Waals surface area contributed by atoms with E-state index in [1.54, 1.807) is 0 Å². The van der Waals surface area contributed by atoms with E-state index in [-0.39, 0.29) is 11.8 Å². The molecule has 0 unspecified atom stereocenters.